The Morgan fingerprint density at radius 2 is 1.93 bits per heavy atom. The number of aryl methyl sites for hydroxylation is 1. The summed E-state index contributed by atoms with van der Waals surface area (Å²) in [5.41, 5.74) is 2.83. The SMILES string of the molecule is Cn1c(=O)[nH]c(=O)c2c1nc(NN=Cc1ccccc1Cl)n2Cc1ccccc1F. The minimum absolute atomic E-state index is 0.00834. The van der Waals surface area contributed by atoms with Crippen LogP contribution in [0.1, 0.15) is 11.1 Å². The van der Waals surface area contributed by atoms with Gasteiger partial charge in [0.15, 0.2) is 11.2 Å². The second kappa shape index (κ2) is 7.96. The molecular formula is C20H16ClFN6O2. The molecule has 4 rings (SSSR count). The van der Waals surface area contributed by atoms with Crippen molar-refractivity contribution in [3.63, 3.8) is 0 Å². The molecule has 152 valence electrons. The van der Waals surface area contributed by atoms with E-state index in [0.29, 0.717) is 16.1 Å². The molecule has 0 aliphatic carbocycles. The molecule has 10 heteroatoms. The summed E-state index contributed by atoms with van der Waals surface area (Å²) in [6, 6.07) is 13.3. The van der Waals surface area contributed by atoms with Crippen LogP contribution < -0.4 is 16.7 Å². The molecule has 2 aromatic heterocycles. The zero-order valence-electron chi connectivity index (χ0n) is 15.8. The Labute approximate surface area is 174 Å². The van der Waals surface area contributed by atoms with Crippen LogP contribution in [0.5, 0.6) is 0 Å². The number of halogens is 2. The molecule has 0 saturated carbocycles. The highest BCUT2D eigenvalue weighted by molar-refractivity contribution is 6.33. The van der Waals surface area contributed by atoms with E-state index in [9.17, 15) is 14.0 Å². The minimum atomic E-state index is -0.625. The van der Waals surface area contributed by atoms with Crippen LogP contribution in [0.4, 0.5) is 10.3 Å². The van der Waals surface area contributed by atoms with E-state index in [4.69, 9.17) is 11.6 Å². The number of H-pyrrole nitrogens is 1. The summed E-state index contributed by atoms with van der Waals surface area (Å²) < 4.78 is 16.9. The van der Waals surface area contributed by atoms with Crippen LogP contribution in [0.2, 0.25) is 5.02 Å². The van der Waals surface area contributed by atoms with Gasteiger partial charge in [0.1, 0.15) is 5.82 Å². The normalized spacial score (nSPS) is 11.4. The number of fused-ring (bicyclic) bond motifs is 1. The second-order valence-electron chi connectivity index (χ2n) is 6.49. The maximum absolute atomic E-state index is 14.2. The molecule has 0 saturated heterocycles. The van der Waals surface area contributed by atoms with Crippen molar-refractivity contribution in [2.75, 3.05) is 5.43 Å². The van der Waals surface area contributed by atoms with E-state index in [-0.39, 0.29) is 23.7 Å². The van der Waals surface area contributed by atoms with Crippen molar-refractivity contribution in [3.8, 4) is 0 Å². The van der Waals surface area contributed by atoms with E-state index in [2.05, 4.69) is 20.5 Å². The molecule has 0 aliphatic heterocycles. The summed E-state index contributed by atoms with van der Waals surface area (Å²) in [5.74, 6) is -0.255. The van der Waals surface area contributed by atoms with Gasteiger partial charge in [0, 0.05) is 23.2 Å². The number of nitrogens with one attached hydrogen (secondary N) is 2. The van der Waals surface area contributed by atoms with Crippen molar-refractivity contribution in [3.05, 3.63) is 91.3 Å². The number of rotatable bonds is 5. The molecule has 8 nitrogen and oxygen atoms in total. The van der Waals surface area contributed by atoms with Crippen LogP contribution in [-0.4, -0.2) is 25.3 Å². The molecule has 0 radical (unpaired) electrons. The lowest BCUT2D eigenvalue weighted by atomic mass is 10.2. The lowest BCUT2D eigenvalue weighted by molar-refractivity contribution is 0.602. The van der Waals surface area contributed by atoms with Crippen LogP contribution in [0.3, 0.4) is 0 Å². The molecule has 0 amide bonds. The average molecular weight is 427 g/mol. The Morgan fingerprint density at radius 3 is 2.70 bits per heavy atom. The summed E-state index contributed by atoms with van der Waals surface area (Å²) in [6.45, 7) is 0.00834. The number of anilines is 1. The third kappa shape index (κ3) is 3.62. The largest absolute Gasteiger partial charge is 0.329 e. The highest BCUT2D eigenvalue weighted by Gasteiger charge is 2.18. The van der Waals surface area contributed by atoms with E-state index in [1.165, 1.54) is 28.5 Å². The molecule has 0 unspecified atom stereocenters. The number of hydrazone groups is 1. The minimum Gasteiger partial charge on any atom is -0.298 e. The first-order valence-electron chi connectivity index (χ1n) is 8.92. The Hall–Kier alpha value is -3.72. The highest BCUT2D eigenvalue weighted by Crippen LogP contribution is 2.19. The van der Waals surface area contributed by atoms with Crippen molar-refractivity contribution < 1.29 is 4.39 Å². The fourth-order valence-electron chi connectivity index (χ4n) is 3.01. The van der Waals surface area contributed by atoms with Crippen molar-refractivity contribution in [2.45, 2.75) is 6.54 Å². The fraction of sp³-hybridized carbons (Fsp3) is 0.100. The Kier molecular flexibility index (Phi) is 5.20. The number of benzene rings is 2. The quantitative estimate of drug-likeness (QED) is 0.379. The number of aromatic amines is 1. The molecule has 0 bridgehead atoms. The van der Waals surface area contributed by atoms with E-state index in [1.807, 2.05) is 6.07 Å². The second-order valence-corrected chi connectivity index (χ2v) is 6.90. The van der Waals surface area contributed by atoms with E-state index < -0.39 is 17.1 Å². The van der Waals surface area contributed by atoms with Gasteiger partial charge in [-0.15, -0.1) is 0 Å². The van der Waals surface area contributed by atoms with E-state index in [0.717, 1.165) is 0 Å². The maximum atomic E-state index is 14.2. The lowest BCUT2D eigenvalue weighted by Gasteiger charge is -2.09. The van der Waals surface area contributed by atoms with Crippen LogP contribution in [0.15, 0.2) is 63.2 Å². The van der Waals surface area contributed by atoms with Crippen molar-refractivity contribution in [1.82, 2.24) is 19.1 Å². The first-order chi connectivity index (χ1) is 14.5. The third-order valence-electron chi connectivity index (χ3n) is 4.57. The average Bonchev–Trinajstić information content (AvgIpc) is 3.08. The zero-order chi connectivity index (χ0) is 21.3. The number of aromatic nitrogens is 4. The summed E-state index contributed by atoms with van der Waals surface area (Å²) in [5, 5.41) is 4.65. The van der Waals surface area contributed by atoms with Gasteiger partial charge in [-0.2, -0.15) is 10.1 Å². The molecule has 2 aromatic carbocycles. The molecule has 0 spiro atoms. The number of nitrogens with zero attached hydrogens (tertiary/aromatic N) is 4. The van der Waals surface area contributed by atoms with Crippen molar-refractivity contribution >= 4 is 34.9 Å². The molecule has 0 fully saturated rings. The Bertz CT molecular complexity index is 1390. The molecule has 4 aromatic rings. The Balaban J connectivity index is 1.82. The fourth-order valence-corrected chi connectivity index (χ4v) is 3.19. The predicted octanol–water partition coefficient (Wildman–Crippen LogP) is 2.71. The van der Waals surface area contributed by atoms with Gasteiger partial charge in [-0.05, 0) is 12.1 Å². The van der Waals surface area contributed by atoms with Crippen LogP contribution in [0, 0.1) is 5.82 Å². The summed E-state index contributed by atoms with van der Waals surface area (Å²) in [6.07, 6.45) is 1.50. The Morgan fingerprint density at radius 1 is 1.20 bits per heavy atom. The smallest absolute Gasteiger partial charge is 0.298 e. The predicted molar refractivity (Wildman–Crippen MR) is 114 cm³/mol. The van der Waals surface area contributed by atoms with Gasteiger partial charge < -0.3 is 0 Å². The monoisotopic (exact) mass is 426 g/mol. The van der Waals surface area contributed by atoms with Gasteiger partial charge in [-0.25, -0.2) is 14.6 Å². The molecule has 2 N–H and O–H groups in total. The van der Waals surface area contributed by atoms with Crippen LogP contribution in [-0.2, 0) is 13.6 Å². The van der Waals surface area contributed by atoms with Gasteiger partial charge >= 0.3 is 5.69 Å². The standard InChI is InChI=1S/C20H16ClFN6O2/c1-27-17-16(18(29)25-20(27)30)28(11-13-7-3-5-9-15(13)22)19(24-17)26-23-10-12-6-2-4-8-14(12)21/h2-10H,11H2,1H3,(H,24,26)(H,25,29,30). The first-order valence-corrected chi connectivity index (χ1v) is 9.30. The lowest BCUT2D eigenvalue weighted by Crippen LogP contribution is -2.29. The van der Waals surface area contributed by atoms with Gasteiger partial charge in [0.2, 0.25) is 5.95 Å². The number of hydrogen-bond acceptors (Lipinski definition) is 5. The van der Waals surface area contributed by atoms with Gasteiger partial charge in [0.05, 0.1) is 12.8 Å². The summed E-state index contributed by atoms with van der Waals surface area (Å²) in [4.78, 5) is 31.0. The molecular weight excluding hydrogens is 411 g/mol. The number of imidazole rings is 1. The first kappa shape index (κ1) is 19.6. The van der Waals surface area contributed by atoms with Crippen molar-refractivity contribution in [2.24, 2.45) is 12.1 Å². The highest BCUT2D eigenvalue weighted by atomic mass is 35.5. The number of hydrogen-bond donors (Lipinski definition) is 2. The van der Waals surface area contributed by atoms with Crippen molar-refractivity contribution in [1.29, 1.82) is 0 Å². The molecule has 30 heavy (non-hydrogen) atoms. The molecule has 2 heterocycles. The van der Waals surface area contributed by atoms with Crippen LogP contribution in [0.25, 0.3) is 11.2 Å². The van der Waals surface area contributed by atoms with Crippen LogP contribution >= 0.6 is 11.6 Å². The van der Waals surface area contributed by atoms with Gasteiger partial charge in [-0.3, -0.25) is 18.9 Å². The van der Waals surface area contributed by atoms with Gasteiger partial charge in [0.25, 0.3) is 5.56 Å². The van der Waals surface area contributed by atoms with E-state index in [1.54, 1.807) is 36.4 Å². The zero-order valence-corrected chi connectivity index (χ0v) is 16.5. The maximum Gasteiger partial charge on any atom is 0.329 e. The third-order valence-corrected chi connectivity index (χ3v) is 4.91. The van der Waals surface area contributed by atoms with E-state index >= 15 is 0 Å². The summed E-state index contributed by atoms with van der Waals surface area (Å²) in [7, 11) is 1.48. The molecule has 0 atom stereocenters. The summed E-state index contributed by atoms with van der Waals surface area (Å²) >= 11 is 6.12. The van der Waals surface area contributed by atoms with Gasteiger partial charge in [-0.1, -0.05) is 48.0 Å². The topological polar surface area (TPSA) is 97.1 Å². The molecule has 0 aliphatic rings.